The highest BCUT2D eigenvalue weighted by Gasteiger charge is 2.01. The Morgan fingerprint density at radius 3 is 2.86 bits per heavy atom. The third kappa shape index (κ3) is 3.30. The van der Waals surface area contributed by atoms with Crippen LogP contribution >= 0.6 is 0 Å². The Balaban J connectivity index is 2.43. The molecule has 0 fully saturated rings. The van der Waals surface area contributed by atoms with E-state index in [-0.39, 0.29) is 5.82 Å². The van der Waals surface area contributed by atoms with Crippen LogP contribution in [0.4, 0.5) is 10.2 Å². The van der Waals surface area contributed by atoms with Crippen LogP contribution in [-0.4, -0.2) is 32.2 Å². The fraction of sp³-hybridized carbons (Fsp3) is 0.500. The van der Waals surface area contributed by atoms with Gasteiger partial charge in [-0.05, 0) is 32.1 Å². The van der Waals surface area contributed by atoms with Crippen LogP contribution in [0.1, 0.15) is 6.42 Å². The molecule has 0 saturated carbocycles. The molecule has 0 aliphatic rings. The van der Waals surface area contributed by atoms with E-state index >= 15 is 0 Å². The largest absolute Gasteiger partial charge is 0.360 e. The number of anilines is 1. The molecular weight excluding hydrogens is 181 g/mol. The van der Waals surface area contributed by atoms with E-state index in [1.165, 1.54) is 12.3 Å². The molecule has 3 nitrogen and oxygen atoms in total. The van der Waals surface area contributed by atoms with Crippen LogP contribution in [0.2, 0.25) is 0 Å². The van der Waals surface area contributed by atoms with Crippen LogP contribution in [0.5, 0.6) is 0 Å². The topological polar surface area (TPSA) is 28.2 Å². The monoisotopic (exact) mass is 197 g/mol. The lowest BCUT2D eigenvalue weighted by atomic mass is 10.3. The van der Waals surface area contributed by atoms with Crippen molar-refractivity contribution in [1.82, 2.24) is 10.3 Å². The van der Waals surface area contributed by atoms with E-state index in [0.29, 0.717) is 0 Å². The van der Waals surface area contributed by atoms with Crippen molar-refractivity contribution >= 4 is 5.82 Å². The summed E-state index contributed by atoms with van der Waals surface area (Å²) in [6, 6.07) is 3.12. The van der Waals surface area contributed by atoms with Gasteiger partial charge >= 0.3 is 0 Å². The van der Waals surface area contributed by atoms with Crippen molar-refractivity contribution in [3.63, 3.8) is 0 Å². The first kappa shape index (κ1) is 10.9. The number of halogens is 1. The molecule has 78 valence electrons. The van der Waals surface area contributed by atoms with E-state index in [1.807, 2.05) is 19.0 Å². The number of hydrogen-bond donors (Lipinski definition) is 1. The van der Waals surface area contributed by atoms with Crippen molar-refractivity contribution in [1.29, 1.82) is 0 Å². The van der Waals surface area contributed by atoms with Gasteiger partial charge in [-0.3, -0.25) is 0 Å². The first-order valence-electron chi connectivity index (χ1n) is 4.71. The van der Waals surface area contributed by atoms with Gasteiger partial charge in [-0.1, -0.05) is 0 Å². The quantitative estimate of drug-likeness (QED) is 0.720. The lowest BCUT2D eigenvalue weighted by Crippen LogP contribution is -2.22. The molecule has 14 heavy (non-hydrogen) atoms. The summed E-state index contributed by atoms with van der Waals surface area (Å²) in [6.45, 7) is 1.89. The number of aromatic nitrogens is 1. The van der Waals surface area contributed by atoms with Crippen LogP contribution in [0.25, 0.3) is 0 Å². The Hall–Kier alpha value is -1.16. The van der Waals surface area contributed by atoms with Crippen molar-refractivity contribution in [2.45, 2.75) is 6.42 Å². The zero-order valence-electron chi connectivity index (χ0n) is 8.63. The summed E-state index contributed by atoms with van der Waals surface area (Å²) in [6.07, 6.45) is 2.29. The number of hydrogen-bond acceptors (Lipinski definition) is 3. The summed E-state index contributed by atoms with van der Waals surface area (Å²) in [4.78, 5) is 6.00. The molecule has 1 heterocycles. The van der Waals surface area contributed by atoms with Gasteiger partial charge in [-0.15, -0.1) is 0 Å². The van der Waals surface area contributed by atoms with E-state index in [2.05, 4.69) is 10.3 Å². The average molecular weight is 197 g/mol. The second kappa shape index (κ2) is 5.54. The fourth-order valence-corrected chi connectivity index (χ4v) is 1.20. The van der Waals surface area contributed by atoms with Gasteiger partial charge in [0.25, 0.3) is 0 Å². The molecule has 1 aromatic heterocycles. The Kier molecular flexibility index (Phi) is 4.32. The smallest absolute Gasteiger partial charge is 0.141 e. The predicted molar refractivity (Wildman–Crippen MR) is 56.0 cm³/mol. The maximum atomic E-state index is 12.6. The average Bonchev–Trinajstić information content (AvgIpc) is 2.19. The molecule has 0 bridgehead atoms. The molecule has 0 aliphatic carbocycles. The zero-order chi connectivity index (χ0) is 10.4. The van der Waals surface area contributed by atoms with Gasteiger partial charge in [-0.2, -0.15) is 0 Å². The van der Waals surface area contributed by atoms with Gasteiger partial charge in [0.05, 0.1) is 6.20 Å². The molecule has 0 radical (unpaired) electrons. The Morgan fingerprint density at radius 1 is 1.50 bits per heavy atom. The van der Waals surface area contributed by atoms with E-state index in [0.717, 1.165) is 25.3 Å². The normalized spacial score (nSPS) is 10.2. The second-order valence-electron chi connectivity index (χ2n) is 3.21. The van der Waals surface area contributed by atoms with E-state index in [9.17, 15) is 4.39 Å². The Morgan fingerprint density at radius 2 is 2.29 bits per heavy atom. The van der Waals surface area contributed by atoms with Crippen LogP contribution in [0.15, 0.2) is 18.3 Å². The number of nitrogens with one attached hydrogen (secondary N) is 1. The standard InChI is InChI=1S/C10H16FN3/c1-12-6-3-7-14(2)10-5-4-9(11)8-13-10/h4-5,8,12H,3,6-7H2,1-2H3. The van der Waals surface area contributed by atoms with Crippen LogP contribution in [0, 0.1) is 5.82 Å². The summed E-state index contributed by atoms with van der Waals surface area (Å²) in [5.41, 5.74) is 0. The first-order chi connectivity index (χ1) is 6.74. The third-order valence-corrected chi connectivity index (χ3v) is 2.02. The molecule has 0 aliphatic heterocycles. The molecule has 4 heteroatoms. The van der Waals surface area contributed by atoms with Crippen LogP contribution < -0.4 is 10.2 Å². The minimum Gasteiger partial charge on any atom is -0.360 e. The van der Waals surface area contributed by atoms with Crippen LogP contribution in [-0.2, 0) is 0 Å². The summed E-state index contributed by atoms with van der Waals surface area (Å²) in [5.74, 6) is 0.514. The molecule has 0 spiro atoms. The highest BCUT2D eigenvalue weighted by atomic mass is 19.1. The molecule has 0 amide bonds. The Labute approximate surface area is 84.0 Å². The SMILES string of the molecule is CNCCCN(C)c1ccc(F)cn1. The summed E-state index contributed by atoms with van der Waals surface area (Å²) >= 11 is 0. The molecule has 1 N–H and O–H groups in total. The third-order valence-electron chi connectivity index (χ3n) is 2.02. The molecule has 1 rings (SSSR count). The second-order valence-corrected chi connectivity index (χ2v) is 3.21. The van der Waals surface area contributed by atoms with E-state index < -0.39 is 0 Å². The van der Waals surface area contributed by atoms with Gasteiger partial charge in [0.1, 0.15) is 11.6 Å². The molecule has 0 unspecified atom stereocenters. The van der Waals surface area contributed by atoms with Crippen LogP contribution in [0.3, 0.4) is 0 Å². The van der Waals surface area contributed by atoms with Crippen molar-refractivity contribution < 1.29 is 4.39 Å². The van der Waals surface area contributed by atoms with E-state index in [1.54, 1.807) is 6.07 Å². The molecule has 0 aromatic carbocycles. The zero-order valence-corrected chi connectivity index (χ0v) is 8.63. The number of pyridine rings is 1. The fourth-order valence-electron chi connectivity index (χ4n) is 1.20. The van der Waals surface area contributed by atoms with Gasteiger partial charge in [0.2, 0.25) is 0 Å². The number of rotatable bonds is 5. The minimum absolute atomic E-state index is 0.294. The summed E-state index contributed by atoms with van der Waals surface area (Å²) in [7, 11) is 3.88. The first-order valence-corrected chi connectivity index (χ1v) is 4.71. The molecule has 1 aromatic rings. The van der Waals surface area contributed by atoms with Crippen molar-refractivity contribution in [3.8, 4) is 0 Å². The molecule has 0 atom stereocenters. The van der Waals surface area contributed by atoms with Crippen molar-refractivity contribution in [3.05, 3.63) is 24.1 Å². The highest BCUT2D eigenvalue weighted by Crippen LogP contribution is 2.08. The van der Waals surface area contributed by atoms with Gasteiger partial charge < -0.3 is 10.2 Å². The van der Waals surface area contributed by atoms with Gasteiger partial charge in [-0.25, -0.2) is 9.37 Å². The summed E-state index contributed by atoms with van der Waals surface area (Å²) < 4.78 is 12.6. The summed E-state index contributed by atoms with van der Waals surface area (Å²) in [5, 5.41) is 3.08. The van der Waals surface area contributed by atoms with Crippen molar-refractivity contribution in [2.75, 3.05) is 32.1 Å². The number of nitrogens with zero attached hydrogens (tertiary/aromatic N) is 2. The van der Waals surface area contributed by atoms with Gasteiger partial charge in [0.15, 0.2) is 0 Å². The minimum atomic E-state index is -0.294. The maximum Gasteiger partial charge on any atom is 0.141 e. The predicted octanol–water partition coefficient (Wildman–Crippen LogP) is 1.27. The van der Waals surface area contributed by atoms with E-state index in [4.69, 9.17) is 0 Å². The molecule has 0 saturated heterocycles. The lowest BCUT2D eigenvalue weighted by Gasteiger charge is -2.17. The van der Waals surface area contributed by atoms with Crippen molar-refractivity contribution in [2.24, 2.45) is 0 Å². The van der Waals surface area contributed by atoms with Gasteiger partial charge in [0, 0.05) is 13.6 Å². The Bertz CT molecular complexity index is 261. The molecular formula is C10H16FN3. The maximum absolute atomic E-state index is 12.6. The highest BCUT2D eigenvalue weighted by molar-refractivity contribution is 5.36. The lowest BCUT2D eigenvalue weighted by molar-refractivity contribution is 0.620.